The van der Waals surface area contributed by atoms with Crippen LogP contribution in [0.1, 0.15) is 25.6 Å². The van der Waals surface area contributed by atoms with E-state index in [-0.39, 0.29) is 11.8 Å². The van der Waals surface area contributed by atoms with Gasteiger partial charge in [-0.1, -0.05) is 24.3 Å². The maximum atomic E-state index is 13.4. The molecule has 3 heterocycles. The number of carbonyl (C=O) groups excluding carboxylic acids is 2. The molecule has 0 radical (unpaired) electrons. The first kappa shape index (κ1) is 25.3. The normalized spacial score (nSPS) is 13.2. The van der Waals surface area contributed by atoms with Gasteiger partial charge in [-0.3, -0.25) is 14.6 Å². The molecule has 38 heavy (non-hydrogen) atoms. The number of carbonyl (C=O) groups is 2. The lowest BCUT2D eigenvalue weighted by Gasteiger charge is -2.38. The second-order valence-electron chi connectivity index (χ2n) is 8.85. The van der Waals surface area contributed by atoms with E-state index in [0.717, 1.165) is 48.9 Å². The Bertz CT molecular complexity index is 1390. The number of thiophene rings is 1. The molecular formula is C29H29N5O3S. The monoisotopic (exact) mass is 527 g/mol. The fourth-order valence-corrected chi connectivity index (χ4v) is 5.15. The van der Waals surface area contributed by atoms with Gasteiger partial charge in [-0.25, -0.2) is 0 Å². The van der Waals surface area contributed by atoms with Crippen LogP contribution in [0.3, 0.4) is 0 Å². The molecule has 0 bridgehead atoms. The van der Waals surface area contributed by atoms with Crippen molar-refractivity contribution in [2.24, 2.45) is 0 Å². The van der Waals surface area contributed by atoms with Gasteiger partial charge in [-0.2, -0.15) is 0 Å². The maximum Gasteiger partial charge on any atom is 0.265 e. The first-order valence-electron chi connectivity index (χ1n) is 12.4. The molecule has 1 fully saturated rings. The molecule has 194 valence electrons. The second kappa shape index (κ2) is 11.8. The van der Waals surface area contributed by atoms with Crippen LogP contribution in [0.5, 0.6) is 5.75 Å². The number of piperazine rings is 1. The van der Waals surface area contributed by atoms with Crippen LogP contribution in [0, 0.1) is 0 Å². The number of anilines is 3. The first-order valence-corrected chi connectivity index (χ1v) is 13.3. The highest BCUT2D eigenvalue weighted by Crippen LogP contribution is 2.31. The number of amides is 2. The Labute approximate surface area is 225 Å². The Kier molecular flexibility index (Phi) is 7.84. The summed E-state index contributed by atoms with van der Waals surface area (Å²) in [6, 6.07) is 20.9. The number of hydrogen-bond acceptors (Lipinski definition) is 7. The number of aromatic nitrogens is 1. The Morgan fingerprint density at radius 2 is 1.71 bits per heavy atom. The SMILES string of the molecule is COc1ccccc1N1CCN(c2ccc(NC(=O)c3cccs3)cc2C(=O)NCc2cccnc2)CC1. The van der Waals surface area contributed by atoms with Crippen LogP contribution >= 0.6 is 11.3 Å². The molecule has 1 saturated heterocycles. The van der Waals surface area contributed by atoms with Crippen molar-refractivity contribution in [3.63, 3.8) is 0 Å². The lowest BCUT2D eigenvalue weighted by Crippen LogP contribution is -2.47. The minimum Gasteiger partial charge on any atom is -0.495 e. The van der Waals surface area contributed by atoms with Crippen LogP contribution < -0.4 is 25.2 Å². The standard InChI is InChI=1S/C29H29N5O3S/c1-37-26-8-3-2-7-25(26)34-15-13-33(14-16-34)24-11-10-22(32-29(36)27-9-5-17-38-27)18-23(24)28(35)31-20-21-6-4-12-30-19-21/h2-12,17-19H,13-16,20H2,1H3,(H,31,35)(H,32,36). The third-order valence-corrected chi connectivity index (χ3v) is 7.33. The highest BCUT2D eigenvalue weighted by atomic mass is 32.1. The largest absolute Gasteiger partial charge is 0.495 e. The molecule has 1 aliphatic rings. The topological polar surface area (TPSA) is 86.8 Å². The van der Waals surface area contributed by atoms with Gasteiger partial charge in [-0.15, -0.1) is 11.3 Å². The molecule has 2 aromatic heterocycles. The van der Waals surface area contributed by atoms with Crippen molar-refractivity contribution in [1.82, 2.24) is 10.3 Å². The van der Waals surface area contributed by atoms with Crippen LogP contribution in [0.25, 0.3) is 0 Å². The summed E-state index contributed by atoms with van der Waals surface area (Å²) < 4.78 is 5.55. The zero-order chi connectivity index (χ0) is 26.3. The van der Waals surface area contributed by atoms with E-state index in [1.54, 1.807) is 31.6 Å². The number of pyridine rings is 1. The molecule has 4 aromatic rings. The van der Waals surface area contributed by atoms with Crippen LogP contribution in [0.15, 0.2) is 84.5 Å². The number of benzene rings is 2. The third-order valence-electron chi connectivity index (χ3n) is 6.47. The summed E-state index contributed by atoms with van der Waals surface area (Å²) in [6.07, 6.45) is 3.43. The smallest absolute Gasteiger partial charge is 0.265 e. The van der Waals surface area contributed by atoms with Crippen molar-refractivity contribution in [2.75, 3.05) is 48.4 Å². The summed E-state index contributed by atoms with van der Waals surface area (Å²) in [5.41, 5.74) is 3.91. The highest BCUT2D eigenvalue weighted by Gasteiger charge is 2.24. The van der Waals surface area contributed by atoms with Gasteiger partial charge >= 0.3 is 0 Å². The minimum absolute atomic E-state index is 0.195. The number of hydrogen-bond donors (Lipinski definition) is 2. The van der Waals surface area contributed by atoms with Gasteiger partial charge in [0, 0.05) is 56.5 Å². The van der Waals surface area contributed by atoms with E-state index in [1.165, 1.54) is 11.3 Å². The van der Waals surface area contributed by atoms with Crippen LogP contribution in [-0.4, -0.2) is 50.1 Å². The van der Waals surface area contributed by atoms with Crippen molar-refractivity contribution < 1.29 is 14.3 Å². The summed E-state index contributed by atoms with van der Waals surface area (Å²) in [6.45, 7) is 3.41. The predicted octanol–water partition coefficient (Wildman–Crippen LogP) is 4.66. The van der Waals surface area contributed by atoms with E-state index in [0.29, 0.717) is 22.7 Å². The van der Waals surface area contributed by atoms with Gasteiger partial charge in [0.1, 0.15) is 5.75 Å². The fraction of sp³-hybridized carbons (Fsp3) is 0.207. The first-order chi connectivity index (χ1) is 18.6. The average molecular weight is 528 g/mol. The number of para-hydroxylation sites is 2. The van der Waals surface area contributed by atoms with Crippen LogP contribution in [0.2, 0.25) is 0 Å². The molecule has 0 spiro atoms. The Hall–Kier alpha value is -4.37. The van der Waals surface area contributed by atoms with E-state index in [2.05, 4.69) is 31.5 Å². The molecule has 5 rings (SSSR count). The molecule has 1 aliphatic heterocycles. The molecule has 8 nitrogen and oxygen atoms in total. The van der Waals surface area contributed by atoms with Gasteiger partial charge in [0.2, 0.25) is 0 Å². The highest BCUT2D eigenvalue weighted by molar-refractivity contribution is 7.12. The van der Waals surface area contributed by atoms with Gasteiger partial charge in [0.05, 0.1) is 23.2 Å². The average Bonchev–Trinajstić information content (AvgIpc) is 3.52. The number of methoxy groups -OCH3 is 1. The summed E-state index contributed by atoms with van der Waals surface area (Å²) in [4.78, 5) is 35.3. The van der Waals surface area contributed by atoms with Crippen molar-refractivity contribution in [1.29, 1.82) is 0 Å². The predicted molar refractivity (Wildman–Crippen MR) is 152 cm³/mol. The molecule has 2 amide bonds. The summed E-state index contributed by atoms with van der Waals surface area (Å²) in [5, 5.41) is 7.80. The van der Waals surface area contributed by atoms with Crippen molar-refractivity contribution in [3.8, 4) is 5.75 Å². The quantitative estimate of drug-likeness (QED) is 0.347. The van der Waals surface area contributed by atoms with Gasteiger partial charge in [-0.05, 0) is 53.4 Å². The fourth-order valence-electron chi connectivity index (χ4n) is 4.53. The number of nitrogens with one attached hydrogen (secondary N) is 2. The number of nitrogens with zero attached hydrogens (tertiary/aromatic N) is 3. The van der Waals surface area contributed by atoms with E-state index in [9.17, 15) is 9.59 Å². The zero-order valence-electron chi connectivity index (χ0n) is 21.1. The zero-order valence-corrected chi connectivity index (χ0v) is 21.9. The summed E-state index contributed by atoms with van der Waals surface area (Å²) in [7, 11) is 1.68. The Balaban J connectivity index is 1.36. The molecular weight excluding hydrogens is 498 g/mol. The molecule has 2 N–H and O–H groups in total. The van der Waals surface area contributed by atoms with Crippen molar-refractivity contribution in [2.45, 2.75) is 6.54 Å². The molecule has 9 heteroatoms. The van der Waals surface area contributed by atoms with Crippen molar-refractivity contribution in [3.05, 3.63) is 101 Å². The lowest BCUT2D eigenvalue weighted by molar-refractivity contribution is 0.0950. The van der Waals surface area contributed by atoms with E-state index < -0.39 is 0 Å². The molecule has 0 unspecified atom stereocenters. The lowest BCUT2D eigenvalue weighted by atomic mass is 10.1. The summed E-state index contributed by atoms with van der Waals surface area (Å²) >= 11 is 1.37. The van der Waals surface area contributed by atoms with E-state index in [4.69, 9.17) is 4.74 Å². The van der Waals surface area contributed by atoms with Crippen LogP contribution in [0.4, 0.5) is 17.1 Å². The van der Waals surface area contributed by atoms with Gasteiger partial charge in [0.25, 0.3) is 11.8 Å². The van der Waals surface area contributed by atoms with Gasteiger partial charge in [0.15, 0.2) is 0 Å². The minimum atomic E-state index is -0.205. The molecule has 0 saturated carbocycles. The maximum absolute atomic E-state index is 13.4. The number of rotatable bonds is 8. The number of ether oxygens (including phenoxy) is 1. The molecule has 0 atom stereocenters. The Morgan fingerprint density at radius 1 is 0.921 bits per heavy atom. The van der Waals surface area contributed by atoms with Gasteiger partial charge < -0.3 is 25.2 Å². The van der Waals surface area contributed by atoms with E-state index in [1.807, 2.05) is 53.9 Å². The summed E-state index contributed by atoms with van der Waals surface area (Å²) in [5.74, 6) is 0.449. The second-order valence-corrected chi connectivity index (χ2v) is 9.80. The third kappa shape index (κ3) is 5.78. The Morgan fingerprint density at radius 3 is 2.42 bits per heavy atom. The van der Waals surface area contributed by atoms with E-state index >= 15 is 0 Å². The molecule has 2 aromatic carbocycles. The van der Waals surface area contributed by atoms with Crippen LogP contribution in [-0.2, 0) is 6.54 Å². The van der Waals surface area contributed by atoms with Crippen molar-refractivity contribution >= 4 is 40.2 Å². The molecule has 0 aliphatic carbocycles.